The Balaban J connectivity index is 1.59. The zero-order valence-corrected chi connectivity index (χ0v) is 16.2. The van der Waals surface area contributed by atoms with Crippen molar-refractivity contribution in [2.45, 2.75) is 26.4 Å². The number of amides is 1. The first-order valence-electron chi connectivity index (χ1n) is 9.33. The van der Waals surface area contributed by atoms with Crippen molar-refractivity contribution in [1.29, 1.82) is 0 Å². The number of carbonyl (C=O) groups is 1. The first kappa shape index (κ1) is 18.4. The van der Waals surface area contributed by atoms with Crippen LogP contribution in [0.1, 0.15) is 27.4 Å². The molecule has 146 valence electrons. The van der Waals surface area contributed by atoms with Crippen LogP contribution in [0.5, 0.6) is 0 Å². The first-order valence-corrected chi connectivity index (χ1v) is 9.33. The molecule has 1 saturated heterocycles. The molecule has 4 rings (SSSR count). The number of likely N-dealkylation sites (tertiary alicyclic amines) is 1. The quantitative estimate of drug-likeness (QED) is 0.750. The number of methoxy groups -OCH3 is 1. The first-order chi connectivity index (χ1) is 13.5. The van der Waals surface area contributed by atoms with E-state index in [0.29, 0.717) is 24.9 Å². The van der Waals surface area contributed by atoms with Crippen molar-refractivity contribution in [2.24, 2.45) is 5.92 Å². The highest BCUT2D eigenvalue weighted by Gasteiger charge is 2.37. The third-order valence-corrected chi connectivity index (χ3v) is 5.46. The Labute approximate surface area is 162 Å². The van der Waals surface area contributed by atoms with Gasteiger partial charge in [-0.2, -0.15) is 0 Å². The highest BCUT2D eigenvalue weighted by Crippen LogP contribution is 2.25. The van der Waals surface area contributed by atoms with Crippen molar-refractivity contribution in [1.82, 2.24) is 15.0 Å². The maximum absolute atomic E-state index is 13.1. The van der Waals surface area contributed by atoms with E-state index in [9.17, 15) is 9.59 Å². The fourth-order valence-corrected chi connectivity index (χ4v) is 3.97. The molecule has 1 aromatic carbocycles. The number of H-pyrrole nitrogens is 1. The number of pyridine rings is 1. The second-order valence-corrected chi connectivity index (χ2v) is 7.41. The molecule has 3 heterocycles. The number of aromatic nitrogens is 2. The average molecular weight is 381 g/mol. The molecule has 7 nitrogen and oxygen atoms in total. The monoisotopic (exact) mass is 381 g/mol. The molecule has 1 aliphatic heterocycles. The van der Waals surface area contributed by atoms with E-state index >= 15 is 0 Å². The van der Waals surface area contributed by atoms with Gasteiger partial charge in [-0.1, -0.05) is 17.3 Å². The van der Waals surface area contributed by atoms with Crippen LogP contribution in [0, 0.1) is 19.8 Å². The van der Waals surface area contributed by atoms with Crippen LogP contribution in [-0.4, -0.2) is 47.3 Å². The van der Waals surface area contributed by atoms with E-state index in [1.54, 1.807) is 18.1 Å². The molecule has 0 unspecified atom stereocenters. The van der Waals surface area contributed by atoms with Crippen molar-refractivity contribution >= 4 is 16.8 Å². The van der Waals surface area contributed by atoms with Gasteiger partial charge in [0.1, 0.15) is 11.3 Å². The van der Waals surface area contributed by atoms with Gasteiger partial charge in [-0.05, 0) is 25.5 Å². The number of fused-ring (bicyclic) bond motifs is 1. The number of nitrogens with zero attached hydrogens (tertiary/aromatic N) is 2. The Kier molecular flexibility index (Phi) is 4.77. The van der Waals surface area contributed by atoms with Gasteiger partial charge in [0.05, 0.1) is 17.3 Å². The molecule has 28 heavy (non-hydrogen) atoms. The fraction of sp³-hybridized carbons (Fsp3) is 0.381. The molecular formula is C21H23N3O4. The van der Waals surface area contributed by atoms with E-state index < -0.39 is 0 Å². The Bertz CT molecular complexity index is 1080. The van der Waals surface area contributed by atoms with Crippen LogP contribution in [0.25, 0.3) is 10.9 Å². The van der Waals surface area contributed by atoms with Crippen LogP contribution in [0.2, 0.25) is 0 Å². The summed E-state index contributed by atoms with van der Waals surface area (Å²) in [5.74, 6) is 0.587. The fourth-order valence-electron chi connectivity index (χ4n) is 3.97. The van der Waals surface area contributed by atoms with E-state index in [-0.39, 0.29) is 28.9 Å². The van der Waals surface area contributed by atoms with Crippen LogP contribution in [0.4, 0.5) is 0 Å². The SMILES string of the molecule is CO[C@H]1CN(C(=O)c2c[nH]c3c(C)cccc3c2=O)C[C@H]1Cc1cc(C)no1. The molecule has 1 N–H and O–H groups in total. The molecule has 7 heteroatoms. The van der Waals surface area contributed by atoms with Crippen molar-refractivity contribution in [3.05, 3.63) is 63.3 Å². The van der Waals surface area contributed by atoms with Gasteiger partial charge in [-0.15, -0.1) is 0 Å². The van der Waals surface area contributed by atoms with Crippen molar-refractivity contribution in [3.8, 4) is 0 Å². The lowest BCUT2D eigenvalue weighted by molar-refractivity contribution is 0.0671. The average Bonchev–Trinajstić information content (AvgIpc) is 3.28. The number of rotatable bonds is 4. The van der Waals surface area contributed by atoms with Crippen molar-refractivity contribution in [3.63, 3.8) is 0 Å². The molecule has 2 atom stereocenters. The van der Waals surface area contributed by atoms with Crippen molar-refractivity contribution < 1.29 is 14.1 Å². The summed E-state index contributed by atoms with van der Waals surface area (Å²) in [6.07, 6.45) is 2.04. The third-order valence-electron chi connectivity index (χ3n) is 5.46. The minimum atomic E-state index is -0.275. The lowest BCUT2D eigenvalue weighted by Crippen LogP contribution is -2.33. The molecule has 0 bridgehead atoms. The van der Waals surface area contributed by atoms with E-state index in [1.807, 2.05) is 32.0 Å². The number of nitrogens with one attached hydrogen (secondary N) is 1. The summed E-state index contributed by atoms with van der Waals surface area (Å²) >= 11 is 0. The standard InChI is InChI=1S/C21H23N3O4/c1-12-5-4-6-16-19(12)22-9-17(20(16)25)21(26)24-10-14(18(11-24)27-3)8-15-7-13(2)23-28-15/h4-7,9,14,18H,8,10-11H2,1-3H3,(H,22,25)/t14-,18+/m1/s1. The largest absolute Gasteiger partial charge is 0.379 e. The molecule has 0 aliphatic carbocycles. The number of hydrogen-bond donors (Lipinski definition) is 1. The molecule has 1 amide bonds. The summed E-state index contributed by atoms with van der Waals surface area (Å²) in [4.78, 5) is 30.8. The summed E-state index contributed by atoms with van der Waals surface area (Å²) in [7, 11) is 1.64. The Hall–Kier alpha value is -2.93. The van der Waals surface area contributed by atoms with Crippen LogP contribution < -0.4 is 5.43 Å². The Morgan fingerprint density at radius 3 is 2.89 bits per heavy atom. The number of para-hydroxylation sites is 1. The number of aromatic amines is 1. The van der Waals surface area contributed by atoms with Gasteiger partial charge in [-0.3, -0.25) is 9.59 Å². The molecular weight excluding hydrogens is 358 g/mol. The molecule has 1 fully saturated rings. The number of aryl methyl sites for hydroxylation is 2. The van der Waals surface area contributed by atoms with Gasteiger partial charge >= 0.3 is 0 Å². The summed E-state index contributed by atoms with van der Waals surface area (Å²) in [5, 5.41) is 4.45. The van der Waals surface area contributed by atoms with Crippen molar-refractivity contribution in [2.75, 3.05) is 20.2 Å². The normalized spacial score (nSPS) is 19.5. The van der Waals surface area contributed by atoms with Crippen LogP contribution >= 0.6 is 0 Å². The topological polar surface area (TPSA) is 88.4 Å². The van der Waals surface area contributed by atoms with Crippen LogP contribution in [-0.2, 0) is 11.2 Å². The summed E-state index contributed by atoms with van der Waals surface area (Å²) in [5.41, 5.74) is 2.47. The summed E-state index contributed by atoms with van der Waals surface area (Å²) < 4.78 is 10.9. The van der Waals surface area contributed by atoms with Gasteiger partial charge < -0.3 is 19.1 Å². The number of benzene rings is 1. The summed E-state index contributed by atoms with van der Waals surface area (Å²) in [6.45, 7) is 4.75. The van der Waals surface area contributed by atoms with E-state index in [2.05, 4.69) is 10.1 Å². The molecule has 0 saturated carbocycles. The lowest BCUT2D eigenvalue weighted by atomic mass is 10.0. The number of carbonyl (C=O) groups excluding carboxylic acids is 1. The van der Waals surface area contributed by atoms with E-state index in [1.165, 1.54) is 6.20 Å². The van der Waals surface area contributed by atoms with E-state index in [0.717, 1.165) is 22.5 Å². The van der Waals surface area contributed by atoms with Gasteiger partial charge in [-0.25, -0.2) is 0 Å². The highest BCUT2D eigenvalue weighted by atomic mass is 16.5. The molecule has 0 spiro atoms. The third kappa shape index (κ3) is 3.22. The Morgan fingerprint density at radius 2 is 2.18 bits per heavy atom. The zero-order chi connectivity index (χ0) is 19.8. The van der Waals surface area contributed by atoms with Gasteiger partial charge in [0.15, 0.2) is 0 Å². The predicted molar refractivity (Wildman–Crippen MR) is 104 cm³/mol. The van der Waals surface area contributed by atoms with Gasteiger partial charge in [0.2, 0.25) is 5.43 Å². The maximum atomic E-state index is 13.1. The second kappa shape index (κ2) is 7.24. The highest BCUT2D eigenvalue weighted by molar-refractivity contribution is 5.97. The number of ether oxygens (including phenoxy) is 1. The molecule has 0 radical (unpaired) electrons. The van der Waals surface area contributed by atoms with Gasteiger partial charge in [0.25, 0.3) is 5.91 Å². The molecule has 3 aromatic rings. The summed E-state index contributed by atoms with van der Waals surface area (Å²) in [6, 6.07) is 7.40. The van der Waals surface area contributed by atoms with E-state index in [4.69, 9.17) is 9.26 Å². The maximum Gasteiger partial charge on any atom is 0.259 e. The minimum absolute atomic E-state index is 0.0862. The lowest BCUT2D eigenvalue weighted by Gasteiger charge is -2.16. The number of hydrogen-bond acceptors (Lipinski definition) is 5. The van der Waals surface area contributed by atoms with Crippen LogP contribution in [0.3, 0.4) is 0 Å². The second-order valence-electron chi connectivity index (χ2n) is 7.41. The smallest absolute Gasteiger partial charge is 0.259 e. The Morgan fingerprint density at radius 1 is 1.36 bits per heavy atom. The predicted octanol–water partition coefficient (Wildman–Crippen LogP) is 2.46. The molecule has 1 aliphatic rings. The molecule has 2 aromatic heterocycles. The van der Waals surface area contributed by atoms with Crippen LogP contribution in [0.15, 0.2) is 39.8 Å². The van der Waals surface area contributed by atoms with Gasteiger partial charge in [0, 0.05) is 50.2 Å². The zero-order valence-electron chi connectivity index (χ0n) is 16.2. The minimum Gasteiger partial charge on any atom is -0.379 e.